The van der Waals surface area contributed by atoms with Gasteiger partial charge in [-0.1, -0.05) is 26.0 Å². The molecule has 3 N–H and O–H groups in total. The van der Waals surface area contributed by atoms with Gasteiger partial charge in [-0.05, 0) is 36.5 Å². The molecular weight excluding hydrogens is 342 g/mol. The zero-order valence-electron chi connectivity index (χ0n) is 14.5. The standard InChI is InChI=1S/C17H23N3O4S/c1-10(2)14-15(21)18-11-6-4-5-7-13(11)20(14)17(24)19-12(16(22)23)8-9-25-3/h4-7,10,12,14H,8-9H2,1-3H3,(H,18,21)(H,19,24)(H,22,23)/t12-,14+/m1/s1. The van der Waals surface area contributed by atoms with Gasteiger partial charge in [0.05, 0.1) is 11.4 Å². The van der Waals surface area contributed by atoms with Gasteiger partial charge in [0.25, 0.3) is 0 Å². The lowest BCUT2D eigenvalue weighted by Gasteiger charge is -2.38. The van der Waals surface area contributed by atoms with E-state index in [-0.39, 0.29) is 11.8 Å². The molecule has 3 amide bonds. The minimum Gasteiger partial charge on any atom is -0.480 e. The van der Waals surface area contributed by atoms with Crippen LogP contribution in [0.4, 0.5) is 16.2 Å². The molecule has 2 atom stereocenters. The molecule has 136 valence electrons. The SMILES string of the molecule is CSCC[C@@H](NC(=O)N1c2ccccc2NC(=O)[C@@H]1C(C)C)C(=O)O. The van der Waals surface area contributed by atoms with E-state index in [2.05, 4.69) is 10.6 Å². The Morgan fingerprint density at radius 3 is 2.64 bits per heavy atom. The highest BCUT2D eigenvalue weighted by atomic mass is 32.2. The number of para-hydroxylation sites is 2. The number of carboxylic acid groups (broad SMARTS) is 1. The van der Waals surface area contributed by atoms with E-state index in [0.717, 1.165) is 0 Å². The number of nitrogens with zero attached hydrogens (tertiary/aromatic N) is 1. The molecule has 1 aliphatic rings. The Morgan fingerprint density at radius 1 is 1.36 bits per heavy atom. The van der Waals surface area contributed by atoms with Crippen LogP contribution in [0.25, 0.3) is 0 Å². The van der Waals surface area contributed by atoms with E-state index in [1.165, 1.54) is 16.7 Å². The zero-order chi connectivity index (χ0) is 18.6. The molecule has 8 heteroatoms. The van der Waals surface area contributed by atoms with Crippen molar-refractivity contribution in [1.29, 1.82) is 0 Å². The average molecular weight is 365 g/mol. The summed E-state index contributed by atoms with van der Waals surface area (Å²) in [6.07, 6.45) is 2.19. The number of thioether (sulfide) groups is 1. The second-order valence-corrected chi connectivity index (χ2v) is 7.17. The largest absolute Gasteiger partial charge is 0.480 e. The smallest absolute Gasteiger partial charge is 0.326 e. The highest BCUT2D eigenvalue weighted by Crippen LogP contribution is 2.34. The first kappa shape index (κ1) is 19.1. The third kappa shape index (κ3) is 4.25. The van der Waals surface area contributed by atoms with Gasteiger partial charge in [0.1, 0.15) is 12.1 Å². The van der Waals surface area contributed by atoms with Gasteiger partial charge >= 0.3 is 12.0 Å². The summed E-state index contributed by atoms with van der Waals surface area (Å²) in [6.45, 7) is 3.70. The summed E-state index contributed by atoms with van der Waals surface area (Å²) >= 11 is 1.51. The summed E-state index contributed by atoms with van der Waals surface area (Å²) < 4.78 is 0. The number of carbonyl (C=O) groups excluding carboxylic acids is 2. The fraction of sp³-hybridized carbons (Fsp3) is 0.471. The van der Waals surface area contributed by atoms with Crippen molar-refractivity contribution >= 4 is 41.0 Å². The van der Waals surface area contributed by atoms with Crippen molar-refractivity contribution in [2.24, 2.45) is 5.92 Å². The maximum Gasteiger partial charge on any atom is 0.326 e. The summed E-state index contributed by atoms with van der Waals surface area (Å²) in [6, 6.07) is 4.72. The number of hydrogen-bond acceptors (Lipinski definition) is 4. The lowest BCUT2D eigenvalue weighted by Crippen LogP contribution is -2.58. The second kappa shape index (κ2) is 8.24. The Bertz CT molecular complexity index is 665. The number of carbonyl (C=O) groups is 3. The molecule has 0 radical (unpaired) electrons. The summed E-state index contributed by atoms with van der Waals surface area (Å²) in [5.41, 5.74) is 1.10. The number of amides is 3. The van der Waals surface area contributed by atoms with Gasteiger partial charge < -0.3 is 15.7 Å². The molecule has 0 spiro atoms. The number of hydrogen-bond donors (Lipinski definition) is 3. The van der Waals surface area contributed by atoms with Crippen LogP contribution in [0.3, 0.4) is 0 Å². The first-order valence-electron chi connectivity index (χ1n) is 8.08. The Morgan fingerprint density at radius 2 is 2.04 bits per heavy atom. The van der Waals surface area contributed by atoms with Gasteiger partial charge in [0, 0.05) is 0 Å². The van der Waals surface area contributed by atoms with Crippen molar-refractivity contribution in [3.8, 4) is 0 Å². The van der Waals surface area contributed by atoms with Gasteiger partial charge in [-0.15, -0.1) is 0 Å². The minimum atomic E-state index is -1.08. The molecular formula is C17H23N3O4S. The molecule has 0 unspecified atom stereocenters. The predicted molar refractivity (Wildman–Crippen MR) is 99.1 cm³/mol. The fourth-order valence-electron chi connectivity index (χ4n) is 2.81. The molecule has 0 aromatic heterocycles. The van der Waals surface area contributed by atoms with Gasteiger partial charge in [0.15, 0.2) is 0 Å². The van der Waals surface area contributed by atoms with Gasteiger partial charge in [-0.25, -0.2) is 9.59 Å². The summed E-state index contributed by atoms with van der Waals surface area (Å²) in [7, 11) is 0. The third-order valence-corrected chi connectivity index (χ3v) is 4.67. The molecule has 1 heterocycles. The van der Waals surface area contributed by atoms with Crippen LogP contribution in [0.2, 0.25) is 0 Å². The van der Waals surface area contributed by atoms with Crippen molar-refractivity contribution in [3.63, 3.8) is 0 Å². The lowest BCUT2D eigenvalue weighted by molar-refractivity contribution is -0.139. The number of fused-ring (bicyclic) bond motifs is 1. The Balaban J connectivity index is 2.33. The van der Waals surface area contributed by atoms with Gasteiger partial charge in [-0.3, -0.25) is 9.69 Å². The molecule has 2 rings (SSSR count). The second-order valence-electron chi connectivity index (χ2n) is 6.19. The highest BCUT2D eigenvalue weighted by Gasteiger charge is 2.39. The van der Waals surface area contributed by atoms with Crippen LogP contribution in [0.5, 0.6) is 0 Å². The maximum atomic E-state index is 12.9. The number of aliphatic carboxylic acids is 1. The minimum absolute atomic E-state index is 0.131. The van der Waals surface area contributed by atoms with Crippen molar-refractivity contribution < 1.29 is 19.5 Å². The van der Waals surface area contributed by atoms with Crippen LogP contribution < -0.4 is 15.5 Å². The average Bonchev–Trinajstić information content (AvgIpc) is 2.56. The molecule has 1 aliphatic heterocycles. The number of rotatable bonds is 6. The number of anilines is 2. The Hall–Kier alpha value is -2.22. The molecule has 1 aromatic rings. The van der Waals surface area contributed by atoms with E-state index >= 15 is 0 Å². The van der Waals surface area contributed by atoms with E-state index in [9.17, 15) is 19.5 Å². The van der Waals surface area contributed by atoms with E-state index in [0.29, 0.717) is 23.5 Å². The zero-order valence-corrected chi connectivity index (χ0v) is 15.3. The molecule has 25 heavy (non-hydrogen) atoms. The highest BCUT2D eigenvalue weighted by molar-refractivity contribution is 7.98. The summed E-state index contributed by atoms with van der Waals surface area (Å²) in [5, 5.41) is 14.7. The summed E-state index contributed by atoms with van der Waals surface area (Å²) in [4.78, 5) is 38.1. The summed E-state index contributed by atoms with van der Waals surface area (Å²) in [5.74, 6) is -0.881. The van der Waals surface area contributed by atoms with Gasteiger partial charge in [0.2, 0.25) is 5.91 Å². The maximum absolute atomic E-state index is 12.9. The van der Waals surface area contributed by atoms with Gasteiger partial charge in [-0.2, -0.15) is 11.8 Å². The van der Waals surface area contributed by atoms with Crippen LogP contribution in [0, 0.1) is 5.92 Å². The van der Waals surface area contributed by atoms with Crippen LogP contribution >= 0.6 is 11.8 Å². The Labute approximate surface area is 151 Å². The number of urea groups is 1. The lowest BCUT2D eigenvalue weighted by atomic mass is 9.98. The van der Waals surface area contributed by atoms with Crippen LogP contribution in [-0.4, -0.2) is 47.1 Å². The molecule has 7 nitrogen and oxygen atoms in total. The van der Waals surface area contributed by atoms with Crippen LogP contribution in [0.15, 0.2) is 24.3 Å². The topological polar surface area (TPSA) is 98.7 Å². The molecule has 0 aliphatic carbocycles. The van der Waals surface area contributed by atoms with E-state index in [1.807, 2.05) is 20.1 Å². The number of carboxylic acids is 1. The number of nitrogens with one attached hydrogen (secondary N) is 2. The monoisotopic (exact) mass is 365 g/mol. The van der Waals surface area contributed by atoms with Crippen molar-refractivity contribution in [2.75, 3.05) is 22.2 Å². The van der Waals surface area contributed by atoms with Crippen LogP contribution in [-0.2, 0) is 9.59 Å². The number of benzene rings is 1. The molecule has 0 saturated carbocycles. The molecule has 0 fully saturated rings. The third-order valence-electron chi connectivity index (χ3n) is 4.02. The first-order chi connectivity index (χ1) is 11.9. The van der Waals surface area contributed by atoms with E-state index in [1.54, 1.807) is 24.3 Å². The predicted octanol–water partition coefficient (Wildman–Crippen LogP) is 2.39. The normalized spacial score (nSPS) is 17.7. The molecule has 0 saturated heterocycles. The first-order valence-corrected chi connectivity index (χ1v) is 9.47. The molecule has 0 bridgehead atoms. The van der Waals surface area contributed by atoms with Crippen molar-refractivity contribution in [2.45, 2.75) is 32.4 Å². The Kier molecular flexibility index (Phi) is 6.30. The van der Waals surface area contributed by atoms with Crippen molar-refractivity contribution in [1.82, 2.24) is 5.32 Å². The molecule has 1 aromatic carbocycles. The van der Waals surface area contributed by atoms with Crippen molar-refractivity contribution in [3.05, 3.63) is 24.3 Å². The van der Waals surface area contributed by atoms with E-state index < -0.39 is 24.1 Å². The fourth-order valence-corrected chi connectivity index (χ4v) is 3.28. The van der Waals surface area contributed by atoms with Crippen LogP contribution in [0.1, 0.15) is 20.3 Å². The van der Waals surface area contributed by atoms with E-state index in [4.69, 9.17) is 0 Å². The quantitative estimate of drug-likeness (QED) is 0.719.